The summed E-state index contributed by atoms with van der Waals surface area (Å²) in [6.07, 6.45) is 5.42. The number of nitrogen functional groups attached to an aromatic ring is 1. The van der Waals surface area contributed by atoms with E-state index in [2.05, 4.69) is 32.0 Å². The van der Waals surface area contributed by atoms with Gasteiger partial charge in [-0.05, 0) is 60.7 Å². The minimum absolute atomic E-state index is 0.214. The van der Waals surface area contributed by atoms with Crippen LogP contribution in [0, 0.1) is 5.41 Å². The van der Waals surface area contributed by atoms with E-state index in [0.29, 0.717) is 22.5 Å². The maximum Gasteiger partial charge on any atom is 0.261 e. The second kappa shape index (κ2) is 5.61. The van der Waals surface area contributed by atoms with Crippen molar-refractivity contribution < 1.29 is 0 Å². The Balaban J connectivity index is 1.40. The van der Waals surface area contributed by atoms with E-state index in [-0.39, 0.29) is 5.56 Å². The topological polar surface area (TPSA) is 90.8 Å². The summed E-state index contributed by atoms with van der Waals surface area (Å²) in [5, 5.41) is 1.93. The van der Waals surface area contributed by atoms with Crippen molar-refractivity contribution in [1.29, 1.82) is 0 Å². The number of nitrogens with zero attached hydrogens (tertiary/aromatic N) is 2. The summed E-state index contributed by atoms with van der Waals surface area (Å²) >= 11 is 1.52. The van der Waals surface area contributed by atoms with E-state index >= 15 is 0 Å². The van der Waals surface area contributed by atoms with Gasteiger partial charge in [-0.25, -0.2) is 4.98 Å². The van der Waals surface area contributed by atoms with Gasteiger partial charge in [0.25, 0.3) is 5.56 Å². The molecule has 4 heterocycles. The van der Waals surface area contributed by atoms with E-state index in [4.69, 9.17) is 5.73 Å². The molecule has 1 saturated carbocycles. The molecule has 1 aliphatic carbocycles. The molecule has 1 aromatic carbocycles. The molecule has 0 bridgehead atoms. The lowest BCUT2D eigenvalue weighted by Crippen LogP contribution is -2.34. The first-order valence-corrected chi connectivity index (χ1v) is 10.6. The van der Waals surface area contributed by atoms with Crippen molar-refractivity contribution >= 4 is 44.0 Å². The Morgan fingerprint density at radius 2 is 1.89 bits per heavy atom. The lowest BCUT2D eigenvalue weighted by Gasteiger charge is -2.33. The van der Waals surface area contributed by atoms with E-state index in [1.165, 1.54) is 42.7 Å². The first-order chi connectivity index (χ1) is 13.6. The minimum Gasteiger partial charge on any atom is -0.397 e. The summed E-state index contributed by atoms with van der Waals surface area (Å²) in [6, 6.07) is 8.18. The van der Waals surface area contributed by atoms with Crippen molar-refractivity contribution in [2.75, 3.05) is 23.7 Å². The number of pyridine rings is 1. The molecule has 142 valence electrons. The van der Waals surface area contributed by atoms with Gasteiger partial charge in [-0.15, -0.1) is 11.3 Å². The number of hydrogen-bond donors (Lipinski definition) is 3. The molecule has 0 atom stereocenters. The molecule has 1 aliphatic heterocycles. The second-order valence-electron chi connectivity index (χ2n) is 8.18. The van der Waals surface area contributed by atoms with E-state index in [1.54, 1.807) is 0 Å². The number of nitrogens with two attached hydrogens (primary N) is 1. The predicted molar refractivity (Wildman–Crippen MR) is 115 cm³/mol. The van der Waals surface area contributed by atoms with Crippen molar-refractivity contribution in [1.82, 2.24) is 15.0 Å². The van der Waals surface area contributed by atoms with E-state index in [1.807, 2.05) is 17.5 Å². The summed E-state index contributed by atoms with van der Waals surface area (Å²) in [6.45, 7) is 2.24. The number of piperidine rings is 1. The smallest absolute Gasteiger partial charge is 0.261 e. The number of hydrogen-bond acceptors (Lipinski definition) is 5. The highest BCUT2D eigenvalue weighted by molar-refractivity contribution is 7.17. The Morgan fingerprint density at radius 3 is 2.68 bits per heavy atom. The number of imidazole rings is 1. The average Bonchev–Trinajstić information content (AvgIpc) is 3.10. The van der Waals surface area contributed by atoms with Crippen molar-refractivity contribution in [3.63, 3.8) is 0 Å². The summed E-state index contributed by atoms with van der Waals surface area (Å²) in [7, 11) is 0. The lowest BCUT2D eigenvalue weighted by molar-refractivity contribution is 0.384. The van der Waals surface area contributed by atoms with Gasteiger partial charge in [0, 0.05) is 18.8 Å². The monoisotopic (exact) mass is 391 g/mol. The number of aromatic nitrogens is 3. The molecule has 7 heteroatoms. The van der Waals surface area contributed by atoms with Gasteiger partial charge in [-0.2, -0.15) is 0 Å². The highest BCUT2D eigenvalue weighted by Gasteiger charge is 2.44. The van der Waals surface area contributed by atoms with E-state index in [9.17, 15) is 4.79 Å². The third-order valence-corrected chi connectivity index (χ3v) is 7.45. The largest absolute Gasteiger partial charge is 0.397 e. The zero-order valence-electron chi connectivity index (χ0n) is 15.4. The van der Waals surface area contributed by atoms with Crippen molar-refractivity contribution in [3.05, 3.63) is 40.0 Å². The van der Waals surface area contributed by atoms with Crippen LogP contribution in [0.4, 0.5) is 11.4 Å². The molecule has 4 N–H and O–H groups in total. The van der Waals surface area contributed by atoms with Crippen LogP contribution in [-0.4, -0.2) is 28.0 Å². The van der Waals surface area contributed by atoms with Crippen LogP contribution in [0.2, 0.25) is 0 Å². The Morgan fingerprint density at radius 1 is 1.07 bits per heavy atom. The molecule has 3 aromatic heterocycles. The average molecular weight is 391 g/mol. The number of nitrogens with one attached hydrogen (secondary N) is 2. The van der Waals surface area contributed by atoms with Crippen LogP contribution in [0.5, 0.6) is 0 Å². The first kappa shape index (κ1) is 16.2. The van der Waals surface area contributed by atoms with Gasteiger partial charge < -0.3 is 20.6 Å². The van der Waals surface area contributed by atoms with E-state index in [0.717, 1.165) is 34.3 Å². The maximum absolute atomic E-state index is 12.6. The zero-order chi connectivity index (χ0) is 18.9. The SMILES string of the molecule is Nc1c(-c2nc3ccc(N4CCC5(CC4)CC5)cc3[nH]2)c(=O)[nH]c2ccsc12. The van der Waals surface area contributed by atoms with Crippen molar-refractivity contribution in [2.24, 2.45) is 5.41 Å². The second-order valence-corrected chi connectivity index (χ2v) is 9.10. The molecule has 0 radical (unpaired) electrons. The zero-order valence-corrected chi connectivity index (χ0v) is 16.2. The number of benzene rings is 1. The van der Waals surface area contributed by atoms with Gasteiger partial charge in [-0.3, -0.25) is 4.79 Å². The molecule has 1 saturated heterocycles. The predicted octanol–water partition coefficient (Wildman–Crippen LogP) is 4.10. The Kier molecular flexibility index (Phi) is 3.24. The number of H-pyrrole nitrogens is 2. The van der Waals surface area contributed by atoms with Crippen LogP contribution in [0.15, 0.2) is 34.4 Å². The van der Waals surface area contributed by atoms with Gasteiger partial charge in [-0.1, -0.05) is 0 Å². The first-order valence-electron chi connectivity index (χ1n) is 9.76. The molecule has 2 fully saturated rings. The number of rotatable bonds is 2. The van der Waals surface area contributed by atoms with Crippen LogP contribution in [0.3, 0.4) is 0 Å². The highest BCUT2D eigenvalue weighted by Crippen LogP contribution is 2.54. The molecule has 0 unspecified atom stereocenters. The Hall–Kier alpha value is -2.80. The molecule has 28 heavy (non-hydrogen) atoms. The number of fused-ring (bicyclic) bond motifs is 2. The van der Waals surface area contributed by atoms with Crippen molar-refractivity contribution in [3.8, 4) is 11.4 Å². The fraction of sp³-hybridized carbons (Fsp3) is 0.333. The van der Waals surface area contributed by atoms with Gasteiger partial charge in [0.1, 0.15) is 11.4 Å². The van der Waals surface area contributed by atoms with E-state index < -0.39 is 0 Å². The van der Waals surface area contributed by atoms with Gasteiger partial charge in [0.2, 0.25) is 0 Å². The molecular formula is C21H21N5OS. The normalized spacial score (nSPS) is 18.4. The molecule has 1 spiro atoms. The molecule has 4 aromatic rings. The van der Waals surface area contributed by atoms with Crippen LogP contribution in [-0.2, 0) is 0 Å². The maximum atomic E-state index is 12.6. The summed E-state index contributed by atoms with van der Waals surface area (Å²) in [5.74, 6) is 0.525. The van der Waals surface area contributed by atoms with Crippen LogP contribution in [0.1, 0.15) is 25.7 Å². The number of thiophene rings is 1. The van der Waals surface area contributed by atoms with Gasteiger partial charge >= 0.3 is 0 Å². The summed E-state index contributed by atoms with van der Waals surface area (Å²) < 4.78 is 0.887. The number of anilines is 2. The lowest BCUT2D eigenvalue weighted by atomic mass is 9.93. The van der Waals surface area contributed by atoms with Gasteiger partial charge in [0.05, 0.1) is 26.9 Å². The molecular weight excluding hydrogens is 370 g/mol. The van der Waals surface area contributed by atoms with Crippen LogP contribution < -0.4 is 16.2 Å². The molecule has 2 aliphatic rings. The quantitative estimate of drug-likeness (QED) is 0.480. The van der Waals surface area contributed by atoms with Crippen LogP contribution >= 0.6 is 11.3 Å². The number of aromatic amines is 2. The van der Waals surface area contributed by atoms with Crippen LogP contribution in [0.25, 0.3) is 32.6 Å². The standard InChI is InChI=1S/C21H21N5OS/c22-17-16(20(27)25-14-3-10-28-18(14)17)19-23-13-2-1-12(11-15(13)24-19)26-8-6-21(4-5-21)7-9-26/h1-3,10-11H,4-9H2,(H,23,24)(H3,22,25,27). The Labute approximate surface area is 165 Å². The molecule has 6 nitrogen and oxygen atoms in total. The minimum atomic E-state index is -0.214. The molecule has 6 rings (SSSR count). The summed E-state index contributed by atoms with van der Waals surface area (Å²) in [4.78, 5) is 25.9. The molecule has 0 amide bonds. The third kappa shape index (κ3) is 2.39. The Bertz CT molecular complexity index is 1270. The fourth-order valence-corrected chi connectivity index (χ4v) is 5.32. The fourth-order valence-electron chi connectivity index (χ4n) is 4.50. The van der Waals surface area contributed by atoms with Crippen molar-refractivity contribution in [2.45, 2.75) is 25.7 Å². The summed E-state index contributed by atoms with van der Waals surface area (Å²) in [5.41, 5.74) is 11.4. The third-order valence-electron chi connectivity index (χ3n) is 6.50. The highest BCUT2D eigenvalue weighted by atomic mass is 32.1. The van der Waals surface area contributed by atoms with Gasteiger partial charge in [0.15, 0.2) is 0 Å².